The van der Waals surface area contributed by atoms with Gasteiger partial charge in [-0.05, 0) is 36.8 Å². The van der Waals surface area contributed by atoms with Crippen LogP contribution in [0.2, 0.25) is 5.02 Å². The third-order valence-corrected chi connectivity index (χ3v) is 4.39. The molecule has 6 nitrogen and oxygen atoms in total. The van der Waals surface area contributed by atoms with Crippen molar-refractivity contribution in [2.24, 2.45) is 0 Å². The van der Waals surface area contributed by atoms with Gasteiger partial charge in [0.15, 0.2) is 0 Å². The quantitative estimate of drug-likeness (QED) is 0.467. The third kappa shape index (κ3) is 4.27. The van der Waals surface area contributed by atoms with Gasteiger partial charge in [0.05, 0.1) is 18.5 Å². The second-order valence-corrected chi connectivity index (χ2v) is 6.62. The van der Waals surface area contributed by atoms with Crippen LogP contribution < -0.4 is 21.1 Å². The third-order valence-electron chi connectivity index (χ3n) is 3.24. The zero-order valence-electron chi connectivity index (χ0n) is 12.7. The van der Waals surface area contributed by atoms with Crippen LogP contribution in [0.1, 0.15) is 19.4 Å². The maximum Gasteiger partial charge on any atom is 0.337 e. The number of hydrogen-bond donors (Lipinski definition) is 2. The van der Waals surface area contributed by atoms with Gasteiger partial charge in [0.25, 0.3) is 0 Å². The lowest BCUT2D eigenvalue weighted by Gasteiger charge is -2.20. The van der Waals surface area contributed by atoms with Crippen LogP contribution in [0.5, 0.6) is 0 Å². The van der Waals surface area contributed by atoms with Crippen LogP contribution in [0.25, 0.3) is 0 Å². The second kappa shape index (κ2) is 7.67. The minimum atomic E-state index is -0.838. The van der Waals surface area contributed by atoms with Gasteiger partial charge in [-0.3, -0.25) is 4.79 Å². The number of amides is 2. The Balaban J connectivity index is 2.26. The highest BCUT2D eigenvalue weighted by atomic mass is 35.5. The van der Waals surface area contributed by atoms with E-state index in [1.165, 1.54) is 5.01 Å². The lowest BCUT2D eigenvalue weighted by atomic mass is 10.1. The molecule has 0 spiro atoms. The number of nitrogens with one attached hydrogen (secondary N) is 2. The summed E-state index contributed by atoms with van der Waals surface area (Å²) in [7, 11) is 2.54. The fourth-order valence-corrected chi connectivity index (χ4v) is 3.16. The smallest absolute Gasteiger partial charge is 0.337 e. The van der Waals surface area contributed by atoms with Crippen molar-refractivity contribution < 1.29 is 14.3 Å². The van der Waals surface area contributed by atoms with Gasteiger partial charge in [-0.25, -0.2) is 15.2 Å². The van der Waals surface area contributed by atoms with Gasteiger partial charge in [0.2, 0.25) is 0 Å². The number of anilines is 1. The SMILES string of the molecule is CCOC(=O)C(Cl)Cc1cc(N2NC(C)NC2=O)c(P)cc1Cl. The van der Waals surface area contributed by atoms with E-state index in [2.05, 4.69) is 20.0 Å². The number of urea groups is 1. The van der Waals surface area contributed by atoms with Gasteiger partial charge in [-0.1, -0.05) is 11.6 Å². The minimum absolute atomic E-state index is 0.175. The summed E-state index contributed by atoms with van der Waals surface area (Å²) in [6.45, 7) is 3.81. The van der Waals surface area contributed by atoms with Crippen molar-refractivity contribution in [2.75, 3.05) is 11.6 Å². The molecule has 0 bridgehead atoms. The van der Waals surface area contributed by atoms with E-state index in [-0.39, 0.29) is 25.2 Å². The number of halogens is 2. The highest BCUT2D eigenvalue weighted by Gasteiger charge is 2.28. The van der Waals surface area contributed by atoms with Crippen molar-refractivity contribution >= 4 is 55.4 Å². The highest BCUT2D eigenvalue weighted by molar-refractivity contribution is 7.28. The number of carbonyl (C=O) groups is 2. The monoisotopic (exact) mass is 377 g/mol. The van der Waals surface area contributed by atoms with Crippen LogP contribution in [0, 0.1) is 0 Å². The van der Waals surface area contributed by atoms with Crippen LogP contribution in [0.3, 0.4) is 0 Å². The normalized spacial score (nSPS) is 18.7. The summed E-state index contributed by atoms with van der Waals surface area (Å²) in [6.07, 6.45) is 0.0358. The van der Waals surface area contributed by atoms with Gasteiger partial charge >= 0.3 is 12.0 Å². The highest BCUT2D eigenvalue weighted by Crippen LogP contribution is 2.26. The molecule has 9 heteroatoms. The number of nitrogens with zero attached hydrogens (tertiary/aromatic N) is 1. The van der Waals surface area contributed by atoms with E-state index < -0.39 is 11.3 Å². The molecule has 2 rings (SSSR count). The first-order valence-electron chi connectivity index (χ1n) is 7.08. The Bertz CT molecular complexity index is 630. The lowest BCUT2D eigenvalue weighted by Crippen LogP contribution is -2.38. The molecule has 0 aromatic heterocycles. The topological polar surface area (TPSA) is 70.7 Å². The summed E-state index contributed by atoms with van der Waals surface area (Å²) >= 11 is 12.3. The first kappa shape index (κ1) is 18.3. The number of alkyl halides is 1. The number of benzene rings is 1. The Kier molecular flexibility index (Phi) is 6.09. The molecule has 126 valence electrons. The molecule has 2 amide bonds. The second-order valence-electron chi connectivity index (χ2n) is 5.06. The number of rotatable bonds is 5. The van der Waals surface area contributed by atoms with E-state index >= 15 is 0 Å². The first-order chi connectivity index (χ1) is 10.8. The molecule has 0 radical (unpaired) electrons. The van der Waals surface area contributed by atoms with Crippen molar-refractivity contribution in [1.82, 2.24) is 10.7 Å². The summed E-state index contributed by atoms with van der Waals surface area (Å²) in [5, 5.41) is 4.52. The van der Waals surface area contributed by atoms with Crippen molar-refractivity contribution in [3.8, 4) is 0 Å². The van der Waals surface area contributed by atoms with Gasteiger partial charge in [-0.15, -0.1) is 20.8 Å². The van der Waals surface area contributed by atoms with Crippen molar-refractivity contribution in [3.05, 3.63) is 22.7 Å². The van der Waals surface area contributed by atoms with Gasteiger partial charge in [-0.2, -0.15) is 0 Å². The number of ether oxygens (including phenoxy) is 1. The minimum Gasteiger partial charge on any atom is -0.465 e. The number of esters is 1. The Labute approximate surface area is 147 Å². The Morgan fingerprint density at radius 2 is 2.22 bits per heavy atom. The fourth-order valence-electron chi connectivity index (χ4n) is 2.19. The number of carbonyl (C=O) groups excluding carboxylic acids is 2. The molecule has 3 unspecified atom stereocenters. The maximum atomic E-state index is 12.0. The molecule has 3 atom stereocenters. The van der Waals surface area contributed by atoms with E-state index in [4.69, 9.17) is 27.9 Å². The molecular formula is C14H18Cl2N3O3P. The standard InChI is InChI=1S/C14H18Cl2N3O3P/c1-3-22-13(20)10(16)4-8-5-11(12(23)6-9(8)15)19-14(21)17-7(2)18-19/h5-7,10,18H,3-4,23H2,1-2H3,(H,17,21). The van der Waals surface area contributed by atoms with Crippen LogP contribution in [-0.4, -0.2) is 30.2 Å². The van der Waals surface area contributed by atoms with Crippen LogP contribution in [0.15, 0.2) is 12.1 Å². The van der Waals surface area contributed by atoms with E-state index in [0.29, 0.717) is 16.3 Å². The van der Waals surface area contributed by atoms with Crippen LogP contribution in [0.4, 0.5) is 10.5 Å². The summed E-state index contributed by atoms with van der Waals surface area (Å²) in [5.74, 6) is -0.493. The number of hydrazine groups is 1. The van der Waals surface area contributed by atoms with E-state index in [0.717, 1.165) is 5.30 Å². The Hall–Kier alpha value is -1.07. The number of hydrogen-bond acceptors (Lipinski definition) is 4. The fraction of sp³-hybridized carbons (Fsp3) is 0.429. The zero-order valence-corrected chi connectivity index (χ0v) is 15.4. The van der Waals surface area contributed by atoms with E-state index in [1.54, 1.807) is 19.1 Å². The predicted molar refractivity (Wildman–Crippen MR) is 94.4 cm³/mol. The molecule has 1 heterocycles. The molecule has 2 N–H and O–H groups in total. The summed E-state index contributed by atoms with van der Waals surface area (Å²) in [5.41, 5.74) is 4.29. The summed E-state index contributed by atoms with van der Waals surface area (Å²) in [6, 6.07) is 3.19. The molecule has 1 fully saturated rings. The Morgan fingerprint density at radius 1 is 1.52 bits per heavy atom. The summed E-state index contributed by atoms with van der Waals surface area (Å²) < 4.78 is 4.90. The lowest BCUT2D eigenvalue weighted by molar-refractivity contribution is -0.142. The van der Waals surface area contributed by atoms with Crippen LogP contribution >= 0.6 is 32.4 Å². The molecule has 23 heavy (non-hydrogen) atoms. The molecule has 1 saturated heterocycles. The van der Waals surface area contributed by atoms with Gasteiger partial charge < -0.3 is 10.1 Å². The van der Waals surface area contributed by atoms with E-state index in [1.807, 2.05) is 6.92 Å². The molecule has 0 aliphatic carbocycles. The van der Waals surface area contributed by atoms with Gasteiger partial charge in [0, 0.05) is 11.4 Å². The molecule has 1 aromatic carbocycles. The molecular weight excluding hydrogens is 360 g/mol. The average molecular weight is 378 g/mol. The van der Waals surface area contributed by atoms with Crippen molar-refractivity contribution in [2.45, 2.75) is 31.8 Å². The van der Waals surface area contributed by atoms with Crippen molar-refractivity contribution in [3.63, 3.8) is 0 Å². The van der Waals surface area contributed by atoms with Crippen LogP contribution in [-0.2, 0) is 16.0 Å². The maximum absolute atomic E-state index is 12.0. The predicted octanol–water partition coefficient (Wildman–Crippen LogP) is 1.93. The molecule has 1 aromatic rings. The summed E-state index contributed by atoms with van der Waals surface area (Å²) in [4.78, 5) is 23.6. The molecule has 0 saturated carbocycles. The average Bonchev–Trinajstić information content (AvgIpc) is 2.80. The largest absolute Gasteiger partial charge is 0.465 e. The van der Waals surface area contributed by atoms with Crippen molar-refractivity contribution in [1.29, 1.82) is 0 Å². The molecule has 1 aliphatic rings. The van der Waals surface area contributed by atoms with Gasteiger partial charge in [0.1, 0.15) is 5.38 Å². The Morgan fingerprint density at radius 3 is 2.78 bits per heavy atom. The van der Waals surface area contributed by atoms with E-state index in [9.17, 15) is 9.59 Å². The first-order valence-corrected chi connectivity index (χ1v) is 8.48. The zero-order chi connectivity index (χ0) is 17.1. The molecule has 1 aliphatic heterocycles.